The average molecular weight is 416 g/mol. The van der Waals surface area contributed by atoms with Crippen LogP contribution in [0.5, 0.6) is 5.75 Å². The summed E-state index contributed by atoms with van der Waals surface area (Å²) in [5.41, 5.74) is 2.16. The molecule has 3 heterocycles. The predicted molar refractivity (Wildman–Crippen MR) is 115 cm³/mol. The van der Waals surface area contributed by atoms with Crippen molar-refractivity contribution >= 4 is 17.6 Å². The second-order valence-corrected chi connectivity index (χ2v) is 8.80. The first kappa shape index (κ1) is 20.9. The number of urea groups is 1. The van der Waals surface area contributed by atoms with E-state index in [0.29, 0.717) is 12.5 Å². The average Bonchev–Trinajstić information content (AvgIpc) is 3.11. The topological polar surface area (TPSA) is 68.4 Å². The van der Waals surface area contributed by atoms with Gasteiger partial charge in [0.1, 0.15) is 24.2 Å². The van der Waals surface area contributed by atoms with Crippen molar-refractivity contribution in [2.45, 2.75) is 52.1 Å². The van der Waals surface area contributed by atoms with Crippen molar-refractivity contribution in [3.63, 3.8) is 0 Å². The number of hydrogen-bond donors (Lipinski definition) is 1. The van der Waals surface area contributed by atoms with Crippen LogP contribution in [0, 0.1) is 12.8 Å². The van der Waals surface area contributed by atoms with Crippen LogP contribution in [0.25, 0.3) is 0 Å². The van der Waals surface area contributed by atoms with Crippen molar-refractivity contribution in [3.8, 4) is 5.75 Å². The Bertz CT molecular complexity index is 831. The summed E-state index contributed by atoms with van der Waals surface area (Å²) in [5, 5.41) is 3.58. The number of carbonyl (C=O) groups is 2. The Balaban J connectivity index is 1.69. The van der Waals surface area contributed by atoms with Gasteiger partial charge in [-0.25, -0.2) is 4.79 Å². The maximum atomic E-state index is 13.4. The Morgan fingerprint density at radius 3 is 2.70 bits per heavy atom. The third-order valence-corrected chi connectivity index (χ3v) is 6.46. The maximum absolute atomic E-state index is 13.4. The van der Waals surface area contributed by atoms with E-state index in [-0.39, 0.29) is 30.4 Å². The van der Waals surface area contributed by atoms with Gasteiger partial charge in [0.15, 0.2) is 0 Å². The van der Waals surface area contributed by atoms with Gasteiger partial charge in [-0.3, -0.25) is 19.9 Å². The number of methoxy groups -OCH3 is 1. The van der Waals surface area contributed by atoms with Gasteiger partial charge in [-0.05, 0) is 37.0 Å². The van der Waals surface area contributed by atoms with Crippen LogP contribution >= 0.6 is 0 Å². The lowest BCUT2D eigenvalue weighted by molar-refractivity contribution is -0.138. The summed E-state index contributed by atoms with van der Waals surface area (Å²) in [6, 6.07) is 5.56. The van der Waals surface area contributed by atoms with Gasteiger partial charge in [0.05, 0.1) is 12.8 Å². The van der Waals surface area contributed by atoms with Gasteiger partial charge < -0.3 is 14.5 Å². The molecule has 1 aromatic carbocycles. The highest BCUT2D eigenvalue weighted by atomic mass is 16.5. The number of likely N-dealkylation sites (N-methyl/N-ethyl adjacent to an activating group) is 1. The zero-order valence-corrected chi connectivity index (χ0v) is 18.6. The lowest BCUT2D eigenvalue weighted by Crippen LogP contribution is -2.66. The number of imide groups is 1. The number of hydrogen-bond acceptors (Lipinski definition) is 6. The van der Waals surface area contributed by atoms with Gasteiger partial charge in [0, 0.05) is 26.7 Å². The number of nitrogens with one attached hydrogen (secondary N) is 1. The molecule has 30 heavy (non-hydrogen) atoms. The summed E-state index contributed by atoms with van der Waals surface area (Å²) in [6.45, 7) is 8.47. The van der Waals surface area contributed by atoms with E-state index in [9.17, 15) is 9.59 Å². The van der Waals surface area contributed by atoms with E-state index in [2.05, 4.69) is 42.0 Å². The van der Waals surface area contributed by atoms with Crippen LogP contribution in [0.1, 0.15) is 32.3 Å². The molecule has 0 saturated carbocycles. The molecule has 3 fully saturated rings. The van der Waals surface area contributed by atoms with Crippen molar-refractivity contribution < 1.29 is 14.3 Å². The molecule has 0 aliphatic carbocycles. The fourth-order valence-corrected chi connectivity index (χ4v) is 4.95. The molecule has 0 spiro atoms. The number of unbranched alkanes of at least 4 members (excludes halogenated alkanes) is 1. The fraction of sp³-hybridized carbons (Fsp3) is 0.636. The quantitative estimate of drug-likeness (QED) is 0.794. The van der Waals surface area contributed by atoms with Crippen LogP contribution in [-0.4, -0.2) is 78.9 Å². The SMILES string of the molecule is CCCCN1C(=O)C2C(NC3N(c4cc(C)ccc4OC)CC(C)CN23)N(C)C1=O. The van der Waals surface area contributed by atoms with Crippen LogP contribution in [-0.2, 0) is 4.79 Å². The molecule has 0 aromatic heterocycles. The summed E-state index contributed by atoms with van der Waals surface area (Å²) >= 11 is 0. The van der Waals surface area contributed by atoms with Gasteiger partial charge >= 0.3 is 6.03 Å². The number of benzene rings is 1. The van der Waals surface area contributed by atoms with E-state index in [4.69, 9.17) is 4.74 Å². The van der Waals surface area contributed by atoms with E-state index in [0.717, 1.165) is 42.9 Å². The molecule has 3 aliphatic rings. The Morgan fingerprint density at radius 1 is 1.23 bits per heavy atom. The van der Waals surface area contributed by atoms with Crippen molar-refractivity contribution in [3.05, 3.63) is 23.8 Å². The number of nitrogens with zero attached hydrogens (tertiary/aromatic N) is 4. The molecular formula is C22H33N5O3. The molecule has 164 valence electrons. The molecule has 4 rings (SSSR count). The molecule has 1 aromatic rings. The number of rotatable bonds is 5. The number of ether oxygens (including phenoxy) is 1. The van der Waals surface area contributed by atoms with E-state index < -0.39 is 0 Å². The summed E-state index contributed by atoms with van der Waals surface area (Å²) in [5.74, 6) is 1.09. The summed E-state index contributed by atoms with van der Waals surface area (Å²) in [6.07, 6.45) is 1.26. The largest absolute Gasteiger partial charge is 0.495 e. The molecule has 3 amide bonds. The summed E-state index contributed by atoms with van der Waals surface area (Å²) in [4.78, 5) is 33.9. The molecule has 8 nitrogen and oxygen atoms in total. The monoisotopic (exact) mass is 415 g/mol. The third kappa shape index (κ3) is 3.32. The number of fused-ring (bicyclic) bond motifs is 3. The zero-order valence-electron chi connectivity index (χ0n) is 18.6. The molecule has 3 aliphatic heterocycles. The first-order chi connectivity index (χ1) is 14.4. The number of carbonyl (C=O) groups excluding carboxylic acids is 2. The highest BCUT2D eigenvalue weighted by molar-refractivity contribution is 6.00. The van der Waals surface area contributed by atoms with Crippen LogP contribution < -0.4 is 15.0 Å². The van der Waals surface area contributed by atoms with Gasteiger partial charge in [-0.1, -0.05) is 26.3 Å². The molecule has 0 radical (unpaired) electrons. The van der Waals surface area contributed by atoms with Crippen molar-refractivity contribution in [2.24, 2.45) is 5.92 Å². The lowest BCUT2D eigenvalue weighted by Gasteiger charge is -2.46. The smallest absolute Gasteiger partial charge is 0.327 e. The third-order valence-electron chi connectivity index (χ3n) is 6.46. The second-order valence-electron chi connectivity index (χ2n) is 8.80. The Morgan fingerprint density at radius 2 is 2.00 bits per heavy atom. The minimum atomic E-state index is -0.379. The van der Waals surface area contributed by atoms with E-state index in [1.54, 1.807) is 19.1 Å². The first-order valence-electron chi connectivity index (χ1n) is 10.9. The normalized spacial score (nSPS) is 29.3. The molecule has 4 atom stereocenters. The van der Waals surface area contributed by atoms with Gasteiger partial charge in [-0.2, -0.15) is 0 Å². The van der Waals surface area contributed by atoms with Crippen molar-refractivity contribution in [2.75, 3.05) is 38.7 Å². The van der Waals surface area contributed by atoms with Crippen LogP contribution in [0.2, 0.25) is 0 Å². The molecule has 1 N–H and O–H groups in total. The molecule has 0 bridgehead atoms. The van der Waals surface area contributed by atoms with E-state index in [1.165, 1.54) is 4.90 Å². The van der Waals surface area contributed by atoms with E-state index >= 15 is 0 Å². The van der Waals surface area contributed by atoms with Crippen LogP contribution in [0.15, 0.2) is 18.2 Å². The number of amides is 3. The lowest BCUT2D eigenvalue weighted by atomic mass is 10.0. The van der Waals surface area contributed by atoms with Crippen LogP contribution in [0.3, 0.4) is 0 Å². The predicted octanol–water partition coefficient (Wildman–Crippen LogP) is 2.04. The minimum absolute atomic E-state index is 0.0863. The van der Waals surface area contributed by atoms with Gasteiger partial charge in [0.2, 0.25) is 0 Å². The molecular weight excluding hydrogens is 382 g/mol. The Kier molecular flexibility index (Phi) is 5.63. The first-order valence-corrected chi connectivity index (χ1v) is 10.9. The summed E-state index contributed by atoms with van der Waals surface area (Å²) < 4.78 is 5.65. The van der Waals surface area contributed by atoms with Gasteiger partial charge in [0.25, 0.3) is 5.91 Å². The highest BCUT2D eigenvalue weighted by Crippen LogP contribution is 2.38. The molecule has 8 heteroatoms. The standard InChI is InChI=1S/C22H33N5O3/c1-6-7-10-25-20(28)18-19(24(4)22(25)29)23-21-26(12-15(3)13-27(18)21)16-11-14(2)8-9-17(16)30-5/h8-9,11,15,18-19,21,23H,6-7,10,12-13H2,1-5H3. The van der Waals surface area contributed by atoms with Crippen molar-refractivity contribution in [1.82, 2.24) is 20.0 Å². The zero-order chi connectivity index (χ0) is 21.6. The van der Waals surface area contributed by atoms with Crippen LogP contribution in [0.4, 0.5) is 10.5 Å². The number of anilines is 1. The summed E-state index contributed by atoms with van der Waals surface area (Å²) in [7, 11) is 3.47. The maximum Gasteiger partial charge on any atom is 0.327 e. The highest BCUT2D eigenvalue weighted by Gasteiger charge is 2.56. The van der Waals surface area contributed by atoms with E-state index in [1.807, 2.05) is 12.1 Å². The molecule has 3 saturated heterocycles. The fourth-order valence-electron chi connectivity index (χ4n) is 4.95. The Hall–Kier alpha value is -2.32. The number of aryl methyl sites for hydroxylation is 1. The minimum Gasteiger partial charge on any atom is -0.495 e. The Labute approximate surface area is 178 Å². The molecule has 4 unspecified atom stereocenters. The van der Waals surface area contributed by atoms with Gasteiger partial charge in [-0.15, -0.1) is 0 Å². The van der Waals surface area contributed by atoms with Crippen molar-refractivity contribution in [1.29, 1.82) is 0 Å². The second kappa shape index (κ2) is 8.07.